The summed E-state index contributed by atoms with van der Waals surface area (Å²) in [5, 5.41) is 2.82. The summed E-state index contributed by atoms with van der Waals surface area (Å²) < 4.78 is 41.1. The van der Waals surface area contributed by atoms with Crippen molar-refractivity contribution in [1.29, 1.82) is 0 Å². The number of alkyl halides is 3. The van der Waals surface area contributed by atoms with Crippen molar-refractivity contribution in [2.24, 2.45) is 0 Å². The van der Waals surface area contributed by atoms with E-state index in [4.69, 9.17) is 0 Å². The van der Waals surface area contributed by atoms with Gasteiger partial charge in [-0.3, -0.25) is 14.2 Å². The van der Waals surface area contributed by atoms with Crippen LogP contribution >= 0.6 is 0 Å². The van der Waals surface area contributed by atoms with Gasteiger partial charge in [0.2, 0.25) is 5.91 Å². The van der Waals surface area contributed by atoms with E-state index in [1.54, 1.807) is 36.4 Å². The van der Waals surface area contributed by atoms with Crippen LogP contribution in [-0.2, 0) is 24.1 Å². The fraction of sp³-hybridized carbons (Fsp3) is 0.222. The molecule has 0 fully saturated rings. The molecule has 6 nitrogen and oxygen atoms in total. The molecule has 0 aliphatic heterocycles. The van der Waals surface area contributed by atoms with E-state index in [2.05, 4.69) is 5.32 Å². The van der Waals surface area contributed by atoms with E-state index in [-0.39, 0.29) is 28.9 Å². The Kier molecular flexibility index (Phi) is 6.83. The number of rotatable bonds is 6. The second-order valence-corrected chi connectivity index (χ2v) is 8.75. The minimum absolute atomic E-state index is 0.147. The van der Waals surface area contributed by atoms with Crippen LogP contribution in [0.15, 0.2) is 82.4 Å². The second kappa shape index (κ2) is 9.85. The first-order valence-corrected chi connectivity index (χ1v) is 11.3. The molecule has 36 heavy (non-hydrogen) atoms. The summed E-state index contributed by atoms with van der Waals surface area (Å²) in [6.07, 6.45) is -4.49. The molecule has 1 aromatic heterocycles. The molecule has 0 unspecified atom stereocenters. The fourth-order valence-corrected chi connectivity index (χ4v) is 3.97. The lowest BCUT2D eigenvalue weighted by Gasteiger charge is -2.15. The maximum absolute atomic E-state index is 13.4. The Balaban J connectivity index is 1.67. The van der Waals surface area contributed by atoms with Crippen LogP contribution in [0.5, 0.6) is 0 Å². The van der Waals surface area contributed by atoms with Gasteiger partial charge in [0.15, 0.2) is 0 Å². The minimum Gasteiger partial charge on any atom is -0.350 e. The van der Waals surface area contributed by atoms with Crippen molar-refractivity contribution in [3.8, 4) is 5.69 Å². The number of nitrogens with zero attached hydrogens (tertiary/aromatic N) is 2. The Labute approximate surface area is 204 Å². The number of carbonyl (C=O) groups excluding carboxylic acids is 1. The van der Waals surface area contributed by atoms with Crippen molar-refractivity contribution in [3.05, 3.63) is 110 Å². The third-order valence-electron chi connectivity index (χ3n) is 5.91. The van der Waals surface area contributed by atoms with Crippen LogP contribution in [0.4, 0.5) is 13.2 Å². The van der Waals surface area contributed by atoms with Crippen LogP contribution in [0.25, 0.3) is 16.6 Å². The maximum atomic E-state index is 13.4. The zero-order chi connectivity index (χ0) is 26.0. The highest BCUT2D eigenvalue weighted by molar-refractivity contribution is 5.82. The maximum Gasteiger partial charge on any atom is 0.416 e. The lowest BCUT2D eigenvalue weighted by molar-refractivity contribution is -0.137. The number of nitrogens with one attached hydrogen (secondary N) is 1. The molecule has 186 valence electrons. The predicted molar refractivity (Wildman–Crippen MR) is 131 cm³/mol. The van der Waals surface area contributed by atoms with E-state index in [0.29, 0.717) is 5.69 Å². The topological polar surface area (TPSA) is 73.1 Å². The number of carbonyl (C=O) groups is 1. The number of benzene rings is 3. The molecule has 0 atom stereocenters. The van der Waals surface area contributed by atoms with Gasteiger partial charge in [-0.1, -0.05) is 50.2 Å². The average Bonchev–Trinajstić information content (AvgIpc) is 2.85. The van der Waals surface area contributed by atoms with Crippen molar-refractivity contribution < 1.29 is 18.0 Å². The van der Waals surface area contributed by atoms with Crippen LogP contribution in [0.2, 0.25) is 0 Å². The van der Waals surface area contributed by atoms with Gasteiger partial charge < -0.3 is 5.32 Å². The molecule has 0 saturated heterocycles. The third-order valence-corrected chi connectivity index (χ3v) is 5.91. The zero-order valence-electron chi connectivity index (χ0n) is 19.7. The predicted octanol–water partition coefficient (Wildman–Crippen LogP) is 4.61. The van der Waals surface area contributed by atoms with Gasteiger partial charge in [0.25, 0.3) is 5.56 Å². The van der Waals surface area contributed by atoms with Crippen molar-refractivity contribution in [2.75, 3.05) is 0 Å². The fourth-order valence-electron chi connectivity index (χ4n) is 3.97. The van der Waals surface area contributed by atoms with Crippen molar-refractivity contribution >= 4 is 16.8 Å². The summed E-state index contributed by atoms with van der Waals surface area (Å²) in [6, 6.07) is 18.2. The van der Waals surface area contributed by atoms with E-state index in [0.717, 1.165) is 22.3 Å². The summed E-state index contributed by atoms with van der Waals surface area (Å²) >= 11 is 0. The molecule has 0 saturated carbocycles. The Morgan fingerprint density at radius 2 is 1.64 bits per heavy atom. The molecule has 0 spiro atoms. The highest BCUT2D eigenvalue weighted by atomic mass is 19.4. The molecule has 4 rings (SSSR count). The van der Waals surface area contributed by atoms with E-state index < -0.39 is 35.4 Å². The number of hydrogen-bond acceptors (Lipinski definition) is 3. The number of aromatic nitrogens is 2. The standard InChI is InChI=1S/C27H24F3N3O3/c1-17(2)19-10-12-21(13-11-19)33-25(35)22-8-3-4-9-23(22)32(26(33)36)16-24(34)31-15-18-6-5-7-20(14-18)27(28,29)30/h3-14,17H,15-16H2,1-2H3,(H,31,34). The molecular weight excluding hydrogens is 471 g/mol. The first-order valence-electron chi connectivity index (χ1n) is 11.3. The lowest BCUT2D eigenvalue weighted by Crippen LogP contribution is -2.41. The first-order chi connectivity index (χ1) is 17.1. The van der Waals surface area contributed by atoms with Crippen LogP contribution in [0, 0.1) is 0 Å². The largest absolute Gasteiger partial charge is 0.416 e. The molecule has 1 heterocycles. The van der Waals surface area contributed by atoms with Crippen molar-refractivity contribution in [3.63, 3.8) is 0 Å². The van der Waals surface area contributed by atoms with Gasteiger partial charge in [-0.25, -0.2) is 9.36 Å². The van der Waals surface area contributed by atoms with E-state index in [1.807, 2.05) is 26.0 Å². The Morgan fingerprint density at radius 3 is 2.31 bits per heavy atom. The molecule has 9 heteroatoms. The number of fused-ring (bicyclic) bond motifs is 1. The third kappa shape index (κ3) is 5.10. The van der Waals surface area contributed by atoms with E-state index >= 15 is 0 Å². The first kappa shape index (κ1) is 25.0. The summed E-state index contributed by atoms with van der Waals surface area (Å²) in [4.78, 5) is 39.3. The summed E-state index contributed by atoms with van der Waals surface area (Å²) in [6.45, 7) is 3.50. The molecule has 1 N–H and O–H groups in total. The number of amides is 1. The number of para-hydroxylation sites is 1. The summed E-state index contributed by atoms with van der Waals surface area (Å²) in [5.41, 5.74) is -0.0340. The molecule has 0 radical (unpaired) electrons. The van der Waals surface area contributed by atoms with Gasteiger partial charge in [0.05, 0.1) is 22.2 Å². The van der Waals surface area contributed by atoms with E-state index in [1.165, 1.54) is 16.7 Å². The van der Waals surface area contributed by atoms with Gasteiger partial charge in [0.1, 0.15) is 6.54 Å². The zero-order valence-corrected chi connectivity index (χ0v) is 19.7. The van der Waals surface area contributed by atoms with Crippen molar-refractivity contribution in [2.45, 2.75) is 39.0 Å². The van der Waals surface area contributed by atoms with Gasteiger partial charge in [-0.2, -0.15) is 13.2 Å². The monoisotopic (exact) mass is 495 g/mol. The molecule has 3 aromatic carbocycles. The van der Waals surface area contributed by atoms with Gasteiger partial charge in [-0.05, 0) is 53.4 Å². The SMILES string of the molecule is CC(C)c1ccc(-n2c(=O)c3ccccc3n(CC(=O)NCc3cccc(C(F)(F)F)c3)c2=O)cc1. The van der Waals surface area contributed by atoms with Crippen LogP contribution in [0.3, 0.4) is 0 Å². The normalized spacial score (nSPS) is 11.7. The molecule has 0 aliphatic carbocycles. The summed E-state index contributed by atoms with van der Waals surface area (Å²) in [5.74, 6) is -0.315. The van der Waals surface area contributed by atoms with Crippen LogP contribution < -0.4 is 16.6 Å². The molecular formula is C27H24F3N3O3. The molecule has 1 amide bonds. The molecule has 0 aliphatic rings. The second-order valence-electron chi connectivity index (χ2n) is 8.75. The van der Waals surface area contributed by atoms with Crippen LogP contribution in [0.1, 0.15) is 36.5 Å². The summed E-state index contributed by atoms with van der Waals surface area (Å²) in [7, 11) is 0. The number of halogens is 3. The highest BCUT2D eigenvalue weighted by Crippen LogP contribution is 2.29. The van der Waals surface area contributed by atoms with Gasteiger partial charge in [0, 0.05) is 6.54 Å². The Morgan fingerprint density at radius 1 is 0.944 bits per heavy atom. The smallest absolute Gasteiger partial charge is 0.350 e. The number of hydrogen-bond donors (Lipinski definition) is 1. The average molecular weight is 496 g/mol. The molecule has 0 bridgehead atoms. The van der Waals surface area contributed by atoms with Crippen molar-refractivity contribution in [1.82, 2.24) is 14.5 Å². The van der Waals surface area contributed by atoms with Gasteiger partial charge in [-0.15, -0.1) is 0 Å². The van der Waals surface area contributed by atoms with E-state index in [9.17, 15) is 27.6 Å². The van der Waals surface area contributed by atoms with Crippen LogP contribution in [-0.4, -0.2) is 15.0 Å². The molecule has 4 aromatic rings. The van der Waals surface area contributed by atoms with Gasteiger partial charge >= 0.3 is 11.9 Å². The highest BCUT2D eigenvalue weighted by Gasteiger charge is 2.30. The Bertz CT molecular complexity index is 1530. The Hall–Kier alpha value is -4.14. The lowest BCUT2D eigenvalue weighted by atomic mass is 10.0. The minimum atomic E-state index is -4.49. The quantitative estimate of drug-likeness (QED) is 0.425.